The van der Waals surface area contributed by atoms with E-state index in [2.05, 4.69) is 10.1 Å². The van der Waals surface area contributed by atoms with Crippen LogP contribution in [0.4, 0.5) is 14.5 Å². The minimum atomic E-state index is -3.33. The molecular formula is C25H30F2N2O5S. The number of hydrogen-bond acceptors (Lipinski definition) is 6. The Balaban J connectivity index is 1.38. The molecule has 2 atom stereocenters. The first-order valence-electron chi connectivity index (χ1n) is 11.8. The molecule has 2 aromatic carbocycles. The standard InChI is InChI=1S/C25H30F2N2O5S/c26-25(27)34-15-21-2-1-13-29(21)20-9-5-19(6-10-20)24(31)28-23(14-30)18-7-11-22(12-8-18)35(32,33)16-17-3-4-17/h5-12,17,21,23,25,30H,1-4,13-16H2,(H,28,31)/t21-,23-/m0/s1. The van der Waals surface area contributed by atoms with E-state index >= 15 is 0 Å². The number of halogens is 2. The lowest BCUT2D eigenvalue weighted by molar-refractivity contribution is -0.131. The fourth-order valence-electron chi connectivity index (χ4n) is 4.41. The van der Waals surface area contributed by atoms with Crippen molar-refractivity contribution >= 4 is 21.4 Å². The molecule has 1 amide bonds. The second-order valence-corrected chi connectivity index (χ2v) is 11.2. The molecule has 1 heterocycles. The van der Waals surface area contributed by atoms with E-state index in [1.54, 1.807) is 36.4 Å². The number of nitrogens with one attached hydrogen (secondary N) is 1. The number of alkyl halides is 2. The number of carbonyl (C=O) groups is 1. The third-order valence-corrected chi connectivity index (χ3v) is 8.44. The summed E-state index contributed by atoms with van der Waals surface area (Å²) in [7, 11) is -3.33. The van der Waals surface area contributed by atoms with Gasteiger partial charge in [0, 0.05) is 17.8 Å². The van der Waals surface area contributed by atoms with Gasteiger partial charge in [-0.15, -0.1) is 0 Å². The lowest BCUT2D eigenvalue weighted by Gasteiger charge is -2.26. The van der Waals surface area contributed by atoms with Crippen molar-refractivity contribution in [2.24, 2.45) is 5.92 Å². The van der Waals surface area contributed by atoms with Gasteiger partial charge in [0.1, 0.15) is 0 Å². The summed E-state index contributed by atoms with van der Waals surface area (Å²) in [4.78, 5) is 15.0. The molecule has 2 fully saturated rings. The van der Waals surface area contributed by atoms with E-state index in [1.807, 2.05) is 4.90 Å². The topological polar surface area (TPSA) is 95.9 Å². The van der Waals surface area contributed by atoms with Crippen molar-refractivity contribution in [3.63, 3.8) is 0 Å². The first-order chi connectivity index (χ1) is 16.8. The van der Waals surface area contributed by atoms with Crippen molar-refractivity contribution < 1.29 is 31.8 Å². The van der Waals surface area contributed by atoms with E-state index in [-0.39, 0.29) is 41.7 Å². The molecule has 1 saturated carbocycles. The first kappa shape index (κ1) is 25.5. The van der Waals surface area contributed by atoms with Gasteiger partial charge in [-0.1, -0.05) is 12.1 Å². The fraction of sp³-hybridized carbons (Fsp3) is 0.480. The zero-order valence-corrected chi connectivity index (χ0v) is 20.1. The van der Waals surface area contributed by atoms with Crippen LogP contribution in [-0.2, 0) is 14.6 Å². The van der Waals surface area contributed by atoms with Crippen LogP contribution in [0.1, 0.15) is 47.6 Å². The predicted molar refractivity (Wildman–Crippen MR) is 127 cm³/mol. The Kier molecular flexibility index (Phi) is 8.03. The van der Waals surface area contributed by atoms with Crippen LogP contribution in [0.5, 0.6) is 0 Å². The minimum Gasteiger partial charge on any atom is -0.394 e. The van der Waals surface area contributed by atoms with Gasteiger partial charge in [0.15, 0.2) is 9.84 Å². The van der Waals surface area contributed by atoms with Crippen LogP contribution in [0.25, 0.3) is 0 Å². The highest BCUT2D eigenvalue weighted by Gasteiger charge is 2.29. The van der Waals surface area contributed by atoms with E-state index in [1.165, 1.54) is 12.1 Å². The van der Waals surface area contributed by atoms with Gasteiger partial charge >= 0.3 is 6.61 Å². The van der Waals surface area contributed by atoms with Gasteiger partial charge < -0.3 is 20.1 Å². The molecule has 35 heavy (non-hydrogen) atoms. The number of aliphatic hydroxyl groups excluding tert-OH is 1. The van der Waals surface area contributed by atoms with Gasteiger partial charge in [-0.2, -0.15) is 8.78 Å². The molecule has 0 bridgehead atoms. The highest BCUT2D eigenvalue weighted by atomic mass is 32.2. The highest BCUT2D eigenvalue weighted by Crippen LogP contribution is 2.32. The lowest BCUT2D eigenvalue weighted by Crippen LogP contribution is -2.34. The van der Waals surface area contributed by atoms with Crippen LogP contribution in [0.2, 0.25) is 0 Å². The van der Waals surface area contributed by atoms with E-state index in [0.717, 1.165) is 37.9 Å². The number of hydrogen-bond donors (Lipinski definition) is 2. The smallest absolute Gasteiger partial charge is 0.345 e. The zero-order chi connectivity index (χ0) is 25.0. The van der Waals surface area contributed by atoms with Crippen molar-refractivity contribution in [3.8, 4) is 0 Å². The molecule has 0 spiro atoms. The summed E-state index contributed by atoms with van der Waals surface area (Å²) in [5, 5.41) is 12.6. The summed E-state index contributed by atoms with van der Waals surface area (Å²) >= 11 is 0. The summed E-state index contributed by atoms with van der Waals surface area (Å²) < 4.78 is 54.2. The number of rotatable bonds is 11. The summed E-state index contributed by atoms with van der Waals surface area (Å²) in [5.41, 5.74) is 1.81. The molecule has 2 N–H and O–H groups in total. The number of nitrogens with zero attached hydrogens (tertiary/aromatic N) is 1. The Hall–Kier alpha value is -2.56. The van der Waals surface area contributed by atoms with E-state index < -0.39 is 22.5 Å². The third kappa shape index (κ3) is 6.56. The Labute approximate surface area is 204 Å². The molecule has 1 aliphatic heterocycles. The summed E-state index contributed by atoms with van der Waals surface area (Å²) in [6.45, 7) is -2.48. The van der Waals surface area contributed by atoms with Crippen LogP contribution in [0.15, 0.2) is 53.4 Å². The van der Waals surface area contributed by atoms with Crippen molar-refractivity contribution in [2.45, 2.75) is 49.3 Å². The molecule has 0 unspecified atom stereocenters. The van der Waals surface area contributed by atoms with E-state index in [4.69, 9.17) is 0 Å². The number of carbonyl (C=O) groups excluding carboxylic acids is 1. The summed E-state index contributed by atoms with van der Waals surface area (Å²) in [5.74, 6) is 0.0119. The Bertz CT molecular complexity index is 1110. The van der Waals surface area contributed by atoms with Crippen molar-refractivity contribution in [3.05, 3.63) is 59.7 Å². The highest BCUT2D eigenvalue weighted by molar-refractivity contribution is 7.91. The third-order valence-electron chi connectivity index (χ3n) is 6.53. The van der Waals surface area contributed by atoms with Gasteiger partial charge in [-0.25, -0.2) is 8.42 Å². The lowest BCUT2D eigenvalue weighted by atomic mass is 10.1. The molecule has 2 aromatic rings. The maximum absolute atomic E-state index is 12.8. The average Bonchev–Trinajstić information content (AvgIpc) is 3.52. The van der Waals surface area contributed by atoms with Crippen molar-refractivity contribution in [1.29, 1.82) is 0 Å². The van der Waals surface area contributed by atoms with Crippen LogP contribution < -0.4 is 10.2 Å². The number of anilines is 1. The van der Waals surface area contributed by atoms with Crippen molar-refractivity contribution in [2.75, 3.05) is 30.4 Å². The molecule has 0 radical (unpaired) electrons. The molecule has 1 saturated heterocycles. The molecule has 0 aromatic heterocycles. The van der Waals surface area contributed by atoms with Crippen LogP contribution in [0, 0.1) is 5.92 Å². The Morgan fingerprint density at radius 3 is 2.37 bits per heavy atom. The Morgan fingerprint density at radius 1 is 1.09 bits per heavy atom. The second-order valence-electron chi connectivity index (χ2n) is 9.13. The number of aliphatic hydroxyl groups is 1. The van der Waals surface area contributed by atoms with E-state index in [0.29, 0.717) is 11.1 Å². The van der Waals surface area contributed by atoms with Crippen LogP contribution in [-0.4, -0.2) is 57.6 Å². The molecule has 4 rings (SSSR count). The fourth-order valence-corrected chi connectivity index (χ4v) is 6.11. The number of ether oxygens (including phenoxy) is 1. The van der Waals surface area contributed by atoms with E-state index in [9.17, 15) is 27.1 Å². The van der Waals surface area contributed by atoms with Gasteiger partial charge in [-0.3, -0.25) is 4.79 Å². The first-order valence-corrected chi connectivity index (χ1v) is 13.4. The number of benzene rings is 2. The van der Waals surface area contributed by atoms with Crippen molar-refractivity contribution in [1.82, 2.24) is 5.32 Å². The Morgan fingerprint density at radius 2 is 1.77 bits per heavy atom. The second kappa shape index (κ2) is 11.0. The maximum atomic E-state index is 12.8. The SMILES string of the molecule is O=C(N[C@@H](CO)c1ccc(S(=O)(=O)CC2CC2)cc1)c1ccc(N2CCC[C@H]2COC(F)F)cc1. The molecule has 1 aliphatic carbocycles. The molecular weight excluding hydrogens is 478 g/mol. The quantitative estimate of drug-likeness (QED) is 0.482. The zero-order valence-electron chi connectivity index (χ0n) is 19.3. The summed E-state index contributed by atoms with van der Waals surface area (Å²) in [6.07, 6.45) is 3.53. The maximum Gasteiger partial charge on any atom is 0.345 e. The largest absolute Gasteiger partial charge is 0.394 e. The average molecular weight is 509 g/mol. The molecule has 7 nitrogen and oxygen atoms in total. The predicted octanol–water partition coefficient (Wildman–Crippen LogP) is 3.54. The number of sulfone groups is 1. The summed E-state index contributed by atoms with van der Waals surface area (Å²) in [6, 6.07) is 12.2. The molecule has 10 heteroatoms. The normalized spacial score (nSPS) is 19.2. The van der Waals surface area contributed by atoms with Gasteiger partial charge in [0.05, 0.1) is 35.9 Å². The monoisotopic (exact) mass is 508 g/mol. The molecule has 2 aliphatic rings. The van der Waals surface area contributed by atoms with Crippen LogP contribution >= 0.6 is 0 Å². The van der Waals surface area contributed by atoms with Crippen LogP contribution in [0.3, 0.4) is 0 Å². The van der Waals surface area contributed by atoms with Gasteiger partial charge in [0.2, 0.25) is 0 Å². The minimum absolute atomic E-state index is 0.0568. The van der Waals surface area contributed by atoms with Gasteiger partial charge in [0.25, 0.3) is 5.91 Å². The number of amides is 1. The van der Waals surface area contributed by atoms with Gasteiger partial charge in [-0.05, 0) is 73.6 Å². The molecule has 190 valence electrons.